The summed E-state index contributed by atoms with van der Waals surface area (Å²) in [7, 11) is 0. The average molecular weight is 325 g/mol. The second-order valence-corrected chi connectivity index (χ2v) is 5.15. The molecule has 0 radical (unpaired) electrons. The van der Waals surface area contributed by atoms with Gasteiger partial charge in [0.1, 0.15) is 0 Å². The van der Waals surface area contributed by atoms with Crippen molar-refractivity contribution in [3.8, 4) is 0 Å². The van der Waals surface area contributed by atoms with E-state index < -0.39 is 0 Å². The first-order valence-electron chi connectivity index (χ1n) is 4.47. The van der Waals surface area contributed by atoms with Gasteiger partial charge in [0, 0.05) is 14.6 Å². The topological polar surface area (TPSA) is 38.0 Å². The molecular formula is C10H14ClIN2. The van der Waals surface area contributed by atoms with Gasteiger partial charge in [-0.15, -0.1) is 0 Å². The second-order valence-electron chi connectivity index (χ2n) is 3.55. The Morgan fingerprint density at radius 2 is 2.07 bits per heavy atom. The van der Waals surface area contributed by atoms with E-state index in [2.05, 4.69) is 41.9 Å². The minimum atomic E-state index is 0.153. The Labute approximate surface area is 103 Å². The van der Waals surface area contributed by atoms with Gasteiger partial charge in [-0.3, -0.25) is 11.3 Å². The molecule has 3 N–H and O–H groups in total. The minimum absolute atomic E-state index is 0.153. The molecule has 0 aliphatic heterocycles. The van der Waals surface area contributed by atoms with Crippen LogP contribution in [0.2, 0.25) is 5.02 Å². The molecule has 0 aliphatic rings. The molecule has 4 heteroatoms. The van der Waals surface area contributed by atoms with Crippen LogP contribution in [0.1, 0.15) is 25.5 Å². The molecule has 14 heavy (non-hydrogen) atoms. The highest BCUT2D eigenvalue weighted by molar-refractivity contribution is 14.1. The summed E-state index contributed by atoms with van der Waals surface area (Å²) in [6.45, 7) is 4.25. The second kappa shape index (κ2) is 5.30. The molecule has 2 nitrogen and oxygen atoms in total. The van der Waals surface area contributed by atoms with E-state index in [9.17, 15) is 0 Å². The van der Waals surface area contributed by atoms with E-state index in [-0.39, 0.29) is 6.04 Å². The summed E-state index contributed by atoms with van der Waals surface area (Å²) in [5.74, 6) is 5.97. The van der Waals surface area contributed by atoms with Crippen LogP contribution in [0, 0.1) is 9.49 Å². The molecule has 1 rings (SSSR count). The van der Waals surface area contributed by atoms with Crippen molar-refractivity contribution in [3.05, 3.63) is 32.4 Å². The van der Waals surface area contributed by atoms with E-state index in [0.29, 0.717) is 5.92 Å². The molecule has 0 aliphatic carbocycles. The van der Waals surface area contributed by atoms with E-state index in [1.807, 2.05) is 18.2 Å². The van der Waals surface area contributed by atoms with Gasteiger partial charge in [0.25, 0.3) is 0 Å². The largest absolute Gasteiger partial charge is 0.271 e. The lowest BCUT2D eigenvalue weighted by molar-refractivity contribution is 0.419. The third-order valence-corrected chi connectivity index (χ3v) is 3.36. The number of rotatable bonds is 3. The lowest BCUT2D eigenvalue weighted by atomic mass is 9.97. The molecule has 1 aromatic carbocycles. The monoisotopic (exact) mass is 324 g/mol. The zero-order valence-corrected chi connectivity index (χ0v) is 11.1. The van der Waals surface area contributed by atoms with Crippen LogP contribution in [-0.2, 0) is 0 Å². The smallest absolute Gasteiger partial charge is 0.0493 e. The molecule has 0 saturated carbocycles. The first-order valence-corrected chi connectivity index (χ1v) is 5.93. The van der Waals surface area contributed by atoms with Crippen LogP contribution in [0.3, 0.4) is 0 Å². The molecule has 0 fully saturated rings. The number of hydrazine groups is 1. The third-order valence-electron chi connectivity index (χ3n) is 2.14. The first-order chi connectivity index (χ1) is 6.56. The highest BCUT2D eigenvalue weighted by atomic mass is 127. The summed E-state index contributed by atoms with van der Waals surface area (Å²) in [5, 5.41) is 0.751. The molecular weight excluding hydrogens is 310 g/mol. The molecule has 0 aromatic heterocycles. The van der Waals surface area contributed by atoms with Crippen LogP contribution in [0.4, 0.5) is 0 Å². The van der Waals surface area contributed by atoms with Crippen molar-refractivity contribution in [3.63, 3.8) is 0 Å². The predicted octanol–water partition coefficient (Wildman–Crippen LogP) is 3.11. The third kappa shape index (κ3) is 2.82. The number of hydrogen-bond donors (Lipinski definition) is 2. The van der Waals surface area contributed by atoms with Crippen LogP contribution < -0.4 is 11.3 Å². The molecule has 0 bridgehead atoms. The predicted molar refractivity (Wildman–Crippen MR) is 69.1 cm³/mol. The summed E-state index contributed by atoms with van der Waals surface area (Å²) in [5.41, 5.74) is 3.98. The van der Waals surface area contributed by atoms with Crippen LogP contribution >= 0.6 is 34.2 Å². The van der Waals surface area contributed by atoms with E-state index in [0.717, 1.165) is 10.6 Å². The molecule has 0 spiro atoms. The summed E-state index contributed by atoms with van der Waals surface area (Å²) in [6, 6.07) is 6.01. The van der Waals surface area contributed by atoms with Gasteiger partial charge in [0.2, 0.25) is 0 Å². The van der Waals surface area contributed by atoms with Crippen LogP contribution in [0.25, 0.3) is 0 Å². The molecule has 0 amide bonds. The van der Waals surface area contributed by atoms with Crippen molar-refractivity contribution >= 4 is 34.2 Å². The molecule has 1 aromatic rings. The number of nitrogens with one attached hydrogen (secondary N) is 1. The quantitative estimate of drug-likeness (QED) is 0.509. The van der Waals surface area contributed by atoms with Crippen LogP contribution in [0.5, 0.6) is 0 Å². The molecule has 1 atom stereocenters. The number of hydrogen-bond acceptors (Lipinski definition) is 2. The molecule has 1 unspecified atom stereocenters. The normalized spacial score (nSPS) is 13.3. The van der Waals surface area contributed by atoms with Crippen LogP contribution in [-0.4, -0.2) is 0 Å². The van der Waals surface area contributed by atoms with Crippen molar-refractivity contribution in [1.82, 2.24) is 5.43 Å². The van der Waals surface area contributed by atoms with Gasteiger partial charge >= 0.3 is 0 Å². The van der Waals surface area contributed by atoms with Crippen molar-refractivity contribution in [2.45, 2.75) is 19.9 Å². The van der Waals surface area contributed by atoms with Gasteiger partial charge in [0.15, 0.2) is 0 Å². The Kier molecular flexibility index (Phi) is 4.63. The van der Waals surface area contributed by atoms with Crippen molar-refractivity contribution < 1.29 is 0 Å². The maximum atomic E-state index is 5.95. The Morgan fingerprint density at radius 1 is 1.43 bits per heavy atom. The number of nitrogens with two attached hydrogens (primary N) is 1. The zero-order valence-electron chi connectivity index (χ0n) is 8.22. The number of halogens is 2. The van der Waals surface area contributed by atoms with Gasteiger partial charge in [-0.05, 0) is 52.3 Å². The van der Waals surface area contributed by atoms with Crippen molar-refractivity contribution in [1.29, 1.82) is 0 Å². The number of benzene rings is 1. The summed E-state index contributed by atoms with van der Waals surface area (Å²) in [4.78, 5) is 0. The maximum absolute atomic E-state index is 5.95. The molecule has 0 saturated heterocycles. The SMILES string of the molecule is CC(C)C(NN)c1cc(Cl)ccc1I. The van der Waals surface area contributed by atoms with Gasteiger partial charge < -0.3 is 0 Å². The van der Waals surface area contributed by atoms with Gasteiger partial charge in [0.05, 0.1) is 0 Å². The summed E-state index contributed by atoms with van der Waals surface area (Å²) < 4.78 is 1.18. The fourth-order valence-electron chi connectivity index (χ4n) is 1.39. The summed E-state index contributed by atoms with van der Waals surface area (Å²) >= 11 is 8.25. The lowest BCUT2D eigenvalue weighted by Crippen LogP contribution is -2.32. The van der Waals surface area contributed by atoms with E-state index in [1.54, 1.807) is 0 Å². The van der Waals surface area contributed by atoms with E-state index in [1.165, 1.54) is 3.57 Å². The Bertz CT molecular complexity index is 315. The highest BCUT2D eigenvalue weighted by Crippen LogP contribution is 2.27. The fraction of sp³-hybridized carbons (Fsp3) is 0.400. The zero-order chi connectivity index (χ0) is 10.7. The van der Waals surface area contributed by atoms with Crippen LogP contribution in [0.15, 0.2) is 18.2 Å². The van der Waals surface area contributed by atoms with Gasteiger partial charge in [-0.2, -0.15) is 0 Å². The highest BCUT2D eigenvalue weighted by Gasteiger charge is 2.16. The van der Waals surface area contributed by atoms with Gasteiger partial charge in [-0.1, -0.05) is 25.4 Å². The standard InChI is InChI=1S/C10H14ClIN2/c1-6(2)10(14-13)8-5-7(11)3-4-9(8)12/h3-6,10,14H,13H2,1-2H3. The van der Waals surface area contributed by atoms with E-state index in [4.69, 9.17) is 17.4 Å². The Morgan fingerprint density at radius 3 is 2.57 bits per heavy atom. The molecule has 0 heterocycles. The lowest BCUT2D eigenvalue weighted by Gasteiger charge is -2.21. The van der Waals surface area contributed by atoms with Crippen molar-refractivity contribution in [2.24, 2.45) is 11.8 Å². The Hall–Kier alpha value is 0.160. The first kappa shape index (κ1) is 12.2. The maximum Gasteiger partial charge on any atom is 0.0493 e. The fourth-order valence-corrected chi connectivity index (χ4v) is 2.25. The molecule has 78 valence electrons. The van der Waals surface area contributed by atoms with Gasteiger partial charge in [-0.25, -0.2) is 0 Å². The van der Waals surface area contributed by atoms with E-state index >= 15 is 0 Å². The van der Waals surface area contributed by atoms with Crippen molar-refractivity contribution in [2.75, 3.05) is 0 Å². The summed E-state index contributed by atoms with van der Waals surface area (Å²) in [6.07, 6.45) is 0. The average Bonchev–Trinajstić information content (AvgIpc) is 2.11. The minimum Gasteiger partial charge on any atom is -0.271 e. The Balaban J connectivity index is 3.08.